The van der Waals surface area contributed by atoms with Gasteiger partial charge in [-0.3, -0.25) is 0 Å². The third kappa shape index (κ3) is 5.58. The van der Waals surface area contributed by atoms with Crippen LogP contribution < -0.4 is 5.32 Å². The number of nitrogens with one attached hydrogen (secondary N) is 1. The van der Waals surface area contributed by atoms with E-state index in [0.717, 1.165) is 36.5 Å². The van der Waals surface area contributed by atoms with Gasteiger partial charge in [0, 0.05) is 25.2 Å². The first-order chi connectivity index (χ1) is 11.5. The molecule has 0 aliphatic carbocycles. The number of hydrogen-bond donors (Lipinski definition) is 3. The van der Waals surface area contributed by atoms with Crippen molar-refractivity contribution < 1.29 is 10.2 Å². The number of phenolic OH excluding ortho intramolecular Hbond substituents is 2. The van der Waals surface area contributed by atoms with Crippen molar-refractivity contribution in [1.29, 1.82) is 0 Å². The number of aromatic hydroxyl groups is 2. The fourth-order valence-electron chi connectivity index (χ4n) is 2.22. The summed E-state index contributed by atoms with van der Waals surface area (Å²) in [4.78, 5) is 1.96. The zero-order valence-electron chi connectivity index (χ0n) is 13.5. The molecule has 128 valence electrons. The van der Waals surface area contributed by atoms with Crippen molar-refractivity contribution in [2.24, 2.45) is 0 Å². The van der Waals surface area contributed by atoms with E-state index in [1.54, 1.807) is 12.1 Å². The van der Waals surface area contributed by atoms with Gasteiger partial charge in [0.05, 0.1) is 0 Å². The third-order valence-corrected chi connectivity index (χ3v) is 4.43. The molecule has 0 saturated carbocycles. The summed E-state index contributed by atoms with van der Waals surface area (Å²) in [7, 11) is 1.93. The fourth-order valence-corrected chi connectivity index (χ4v) is 2.54. The van der Waals surface area contributed by atoms with Gasteiger partial charge in [-0.1, -0.05) is 29.8 Å². The molecule has 2 aromatic carbocycles. The maximum atomic E-state index is 9.51. The molecule has 0 bridgehead atoms. The van der Waals surface area contributed by atoms with Crippen LogP contribution in [0.2, 0.25) is 5.02 Å². The molecule has 0 aliphatic heterocycles. The standard InChI is InChI=1S/C18H21ClN2O2S/c1-21(11-9-14-4-7-16(22)17(23)12-14)18(24)20-10-8-13-2-5-15(19)6-3-13/h2-7,12,22-23H,8-11H2,1H3,(H,20,24). The number of nitrogens with zero attached hydrogens (tertiary/aromatic N) is 1. The van der Waals surface area contributed by atoms with Gasteiger partial charge in [-0.25, -0.2) is 0 Å². The molecule has 0 atom stereocenters. The molecule has 24 heavy (non-hydrogen) atoms. The van der Waals surface area contributed by atoms with Crippen LogP contribution in [0.25, 0.3) is 0 Å². The highest BCUT2D eigenvalue weighted by Gasteiger charge is 2.06. The Morgan fingerprint density at radius 1 is 1.04 bits per heavy atom. The van der Waals surface area contributed by atoms with Crippen LogP contribution in [0, 0.1) is 0 Å². The molecule has 0 unspecified atom stereocenters. The summed E-state index contributed by atoms with van der Waals surface area (Å²) >= 11 is 11.2. The van der Waals surface area contributed by atoms with Crippen molar-refractivity contribution in [3.8, 4) is 11.5 Å². The minimum atomic E-state index is -0.105. The smallest absolute Gasteiger partial charge is 0.168 e. The van der Waals surface area contributed by atoms with Gasteiger partial charge >= 0.3 is 0 Å². The van der Waals surface area contributed by atoms with E-state index < -0.39 is 0 Å². The highest BCUT2D eigenvalue weighted by molar-refractivity contribution is 7.80. The number of hydrogen-bond acceptors (Lipinski definition) is 3. The Kier molecular flexibility index (Phi) is 6.70. The monoisotopic (exact) mass is 364 g/mol. The summed E-state index contributed by atoms with van der Waals surface area (Å²) in [6.07, 6.45) is 1.60. The lowest BCUT2D eigenvalue weighted by Gasteiger charge is -2.21. The molecule has 3 N–H and O–H groups in total. The molecule has 2 rings (SSSR count). The van der Waals surface area contributed by atoms with Gasteiger partial charge < -0.3 is 20.4 Å². The maximum absolute atomic E-state index is 9.51. The fraction of sp³-hybridized carbons (Fsp3) is 0.278. The molecule has 4 nitrogen and oxygen atoms in total. The van der Waals surface area contributed by atoms with Crippen LogP contribution >= 0.6 is 23.8 Å². The van der Waals surface area contributed by atoms with E-state index in [0.29, 0.717) is 5.11 Å². The Hall–Kier alpha value is -1.98. The molecule has 0 heterocycles. The summed E-state index contributed by atoms with van der Waals surface area (Å²) in [6.45, 7) is 1.47. The molecule has 2 aromatic rings. The van der Waals surface area contributed by atoms with Gasteiger partial charge in [0.2, 0.25) is 0 Å². The first-order valence-electron chi connectivity index (χ1n) is 7.70. The van der Waals surface area contributed by atoms with Crippen molar-refractivity contribution in [2.45, 2.75) is 12.8 Å². The van der Waals surface area contributed by atoms with Gasteiger partial charge in [-0.2, -0.15) is 0 Å². The average Bonchev–Trinajstić information content (AvgIpc) is 2.57. The van der Waals surface area contributed by atoms with Crippen molar-refractivity contribution in [3.05, 3.63) is 58.6 Å². The number of benzene rings is 2. The lowest BCUT2D eigenvalue weighted by Crippen LogP contribution is -2.39. The Balaban J connectivity index is 1.73. The topological polar surface area (TPSA) is 55.7 Å². The highest BCUT2D eigenvalue weighted by Crippen LogP contribution is 2.25. The quantitative estimate of drug-likeness (QED) is 0.542. The minimum absolute atomic E-state index is 0.0983. The summed E-state index contributed by atoms with van der Waals surface area (Å²) in [6, 6.07) is 12.6. The molecule has 0 aromatic heterocycles. The summed E-state index contributed by atoms with van der Waals surface area (Å²) in [5, 5.41) is 23.5. The Labute approximate surface area is 152 Å². The second kappa shape index (κ2) is 8.76. The molecule has 0 fully saturated rings. The van der Waals surface area contributed by atoms with Crippen molar-refractivity contribution >= 4 is 28.9 Å². The Morgan fingerprint density at radius 2 is 1.71 bits per heavy atom. The molecule has 0 amide bonds. The van der Waals surface area contributed by atoms with E-state index in [2.05, 4.69) is 5.32 Å². The van der Waals surface area contributed by atoms with Crippen molar-refractivity contribution in [3.63, 3.8) is 0 Å². The van der Waals surface area contributed by atoms with E-state index in [1.807, 2.05) is 36.2 Å². The normalized spacial score (nSPS) is 10.4. The summed E-state index contributed by atoms with van der Waals surface area (Å²) in [5.41, 5.74) is 2.15. The van der Waals surface area contributed by atoms with Crippen LogP contribution in [-0.2, 0) is 12.8 Å². The van der Waals surface area contributed by atoms with Crippen LogP contribution in [0.15, 0.2) is 42.5 Å². The van der Waals surface area contributed by atoms with Crippen molar-refractivity contribution in [1.82, 2.24) is 10.2 Å². The predicted octanol–water partition coefficient (Wildman–Crippen LogP) is 3.34. The molecule has 6 heteroatoms. The van der Waals surface area contributed by atoms with Gasteiger partial charge in [0.1, 0.15) is 0 Å². The number of thiocarbonyl (C=S) groups is 1. The van der Waals surface area contributed by atoms with E-state index in [1.165, 1.54) is 11.6 Å². The minimum Gasteiger partial charge on any atom is -0.504 e. The lowest BCUT2D eigenvalue weighted by molar-refractivity contribution is 0.402. The number of rotatable bonds is 6. The second-order valence-electron chi connectivity index (χ2n) is 5.60. The van der Waals surface area contributed by atoms with Crippen molar-refractivity contribution in [2.75, 3.05) is 20.1 Å². The Bertz CT molecular complexity index is 692. The van der Waals surface area contributed by atoms with Gasteiger partial charge in [0.25, 0.3) is 0 Å². The average molecular weight is 365 g/mol. The van der Waals surface area contributed by atoms with E-state index in [-0.39, 0.29) is 11.5 Å². The zero-order chi connectivity index (χ0) is 17.5. The van der Waals surface area contributed by atoms with Gasteiger partial charge in [-0.05, 0) is 60.5 Å². The van der Waals surface area contributed by atoms with Crippen LogP contribution in [-0.4, -0.2) is 40.4 Å². The Morgan fingerprint density at radius 3 is 2.38 bits per heavy atom. The molecule has 0 radical (unpaired) electrons. The van der Waals surface area contributed by atoms with Crippen LogP contribution in [0.4, 0.5) is 0 Å². The summed E-state index contributed by atoms with van der Waals surface area (Å²) < 4.78 is 0. The van der Waals surface area contributed by atoms with Gasteiger partial charge in [0.15, 0.2) is 16.6 Å². The first kappa shape index (κ1) is 18.4. The highest BCUT2D eigenvalue weighted by atomic mass is 35.5. The van der Waals surface area contributed by atoms with Crippen LogP contribution in [0.5, 0.6) is 11.5 Å². The molecular weight excluding hydrogens is 344 g/mol. The number of halogens is 1. The van der Waals surface area contributed by atoms with E-state index in [4.69, 9.17) is 23.8 Å². The van der Waals surface area contributed by atoms with Crippen LogP contribution in [0.1, 0.15) is 11.1 Å². The largest absolute Gasteiger partial charge is 0.504 e. The van der Waals surface area contributed by atoms with Gasteiger partial charge in [-0.15, -0.1) is 0 Å². The second-order valence-corrected chi connectivity index (χ2v) is 6.43. The first-order valence-corrected chi connectivity index (χ1v) is 8.48. The van der Waals surface area contributed by atoms with Crippen LogP contribution in [0.3, 0.4) is 0 Å². The lowest BCUT2D eigenvalue weighted by atomic mass is 10.1. The predicted molar refractivity (Wildman–Crippen MR) is 102 cm³/mol. The molecule has 0 aliphatic rings. The zero-order valence-corrected chi connectivity index (χ0v) is 15.1. The number of phenols is 2. The molecule has 0 saturated heterocycles. The van der Waals surface area contributed by atoms with E-state index in [9.17, 15) is 10.2 Å². The van der Waals surface area contributed by atoms with E-state index >= 15 is 0 Å². The SMILES string of the molecule is CN(CCc1ccc(O)c(O)c1)C(=S)NCCc1ccc(Cl)cc1. The molecule has 0 spiro atoms. The number of likely N-dealkylation sites (N-methyl/N-ethyl adjacent to an activating group) is 1. The maximum Gasteiger partial charge on any atom is 0.168 e. The summed E-state index contributed by atoms with van der Waals surface area (Å²) in [5.74, 6) is -0.203. The molecular formula is C18H21ClN2O2S. The third-order valence-electron chi connectivity index (χ3n) is 3.73.